The fourth-order valence-electron chi connectivity index (χ4n) is 3.19. The van der Waals surface area contributed by atoms with Crippen LogP contribution in [0.2, 0.25) is 0 Å². The van der Waals surface area contributed by atoms with Gasteiger partial charge in [-0.2, -0.15) is 0 Å². The Kier molecular flexibility index (Phi) is 5.08. The Morgan fingerprint density at radius 3 is 1.40 bits per heavy atom. The van der Waals surface area contributed by atoms with Crippen molar-refractivity contribution in [1.29, 1.82) is 0 Å². The van der Waals surface area contributed by atoms with Gasteiger partial charge in [-0.15, -0.1) is 0 Å². The second kappa shape index (κ2) is 7.43. The molecular weight excluding hydrogens is 304 g/mol. The molecule has 0 atom stereocenters. The van der Waals surface area contributed by atoms with Crippen LogP contribution in [-0.4, -0.2) is 28.2 Å². The molecule has 0 aromatic heterocycles. The molecule has 0 aliphatic carbocycles. The molecule has 0 unspecified atom stereocenters. The van der Waals surface area contributed by atoms with Crippen LogP contribution in [0.5, 0.6) is 0 Å². The summed E-state index contributed by atoms with van der Waals surface area (Å²) in [5, 5.41) is 0. The summed E-state index contributed by atoms with van der Waals surface area (Å²) in [4.78, 5) is 4.31. The molecule has 2 heteroatoms. The van der Waals surface area contributed by atoms with E-state index in [4.69, 9.17) is 0 Å². The average Bonchev–Trinajstić information content (AvgIpc) is 2.63. The molecule has 2 nitrogen and oxygen atoms in total. The van der Waals surface area contributed by atoms with Gasteiger partial charge in [-0.05, 0) is 41.0 Å². The maximum absolute atomic E-state index is 2.29. The fourth-order valence-corrected chi connectivity index (χ4v) is 3.19. The SMILES string of the molecule is CN(C)c1cccc(C(c2ccccc2)c2cccc(N(C)C)c2)c1. The van der Waals surface area contributed by atoms with Gasteiger partial charge in [0.05, 0.1) is 0 Å². The number of rotatable bonds is 5. The molecule has 0 heterocycles. The first-order valence-electron chi connectivity index (χ1n) is 8.66. The van der Waals surface area contributed by atoms with Crippen LogP contribution in [0, 0.1) is 0 Å². The number of benzene rings is 3. The van der Waals surface area contributed by atoms with Gasteiger partial charge in [0.15, 0.2) is 0 Å². The molecule has 0 saturated heterocycles. The molecule has 3 aromatic rings. The van der Waals surface area contributed by atoms with Gasteiger partial charge in [-0.3, -0.25) is 0 Å². The van der Waals surface area contributed by atoms with Crippen molar-refractivity contribution in [2.45, 2.75) is 5.92 Å². The molecule has 0 spiro atoms. The molecule has 3 rings (SSSR count). The van der Waals surface area contributed by atoms with E-state index >= 15 is 0 Å². The lowest BCUT2D eigenvalue weighted by Gasteiger charge is -2.23. The first-order valence-corrected chi connectivity index (χ1v) is 8.66. The average molecular weight is 330 g/mol. The van der Waals surface area contributed by atoms with Gasteiger partial charge in [0.2, 0.25) is 0 Å². The molecule has 0 aliphatic rings. The molecule has 0 saturated carbocycles. The Hall–Kier alpha value is -2.74. The van der Waals surface area contributed by atoms with Crippen molar-refractivity contribution in [2.24, 2.45) is 0 Å². The van der Waals surface area contributed by atoms with Crippen molar-refractivity contribution in [3.8, 4) is 0 Å². The van der Waals surface area contributed by atoms with Crippen LogP contribution in [0.15, 0.2) is 78.9 Å². The Bertz CT molecular complexity index is 771. The van der Waals surface area contributed by atoms with Crippen molar-refractivity contribution in [2.75, 3.05) is 38.0 Å². The molecule has 0 aliphatic heterocycles. The monoisotopic (exact) mass is 330 g/mol. The predicted octanol–water partition coefficient (Wildman–Crippen LogP) is 5.00. The number of hydrogen-bond donors (Lipinski definition) is 0. The van der Waals surface area contributed by atoms with Gasteiger partial charge in [0.1, 0.15) is 0 Å². The molecule has 0 fully saturated rings. The Morgan fingerprint density at radius 1 is 0.520 bits per heavy atom. The normalized spacial score (nSPS) is 10.8. The zero-order valence-electron chi connectivity index (χ0n) is 15.5. The van der Waals surface area contributed by atoms with Crippen LogP contribution >= 0.6 is 0 Å². The summed E-state index contributed by atoms with van der Waals surface area (Å²) < 4.78 is 0. The van der Waals surface area contributed by atoms with E-state index in [1.807, 2.05) is 0 Å². The van der Waals surface area contributed by atoms with Crippen molar-refractivity contribution >= 4 is 11.4 Å². The van der Waals surface area contributed by atoms with E-state index in [0.29, 0.717) is 0 Å². The van der Waals surface area contributed by atoms with Gasteiger partial charge < -0.3 is 9.80 Å². The summed E-state index contributed by atoms with van der Waals surface area (Å²) in [7, 11) is 8.35. The van der Waals surface area contributed by atoms with Crippen LogP contribution in [-0.2, 0) is 0 Å². The van der Waals surface area contributed by atoms with Crippen molar-refractivity contribution in [3.05, 3.63) is 95.6 Å². The minimum absolute atomic E-state index is 0.223. The van der Waals surface area contributed by atoms with E-state index < -0.39 is 0 Å². The first-order chi connectivity index (χ1) is 12.1. The second-order valence-corrected chi connectivity index (χ2v) is 6.82. The highest BCUT2D eigenvalue weighted by Crippen LogP contribution is 2.34. The standard InChI is InChI=1S/C23H26N2/c1-24(2)21-14-8-12-19(16-21)23(18-10-6-5-7-11-18)20-13-9-15-22(17-20)25(3)4/h5-17,23H,1-4H3. The van der Waals surface area contributed by atoms with Crippen LogP contribution in [0.1, 0.15) is 22.6 Å². The second-order valence-electron chi connectivity index (χ2n) is 6.82. The molecule has 25 heavy (non-hydrogen) atoms. The van der Waals surface area contributed by atoms with E-state index in [1.54, 1.807) is 0 Å². The van der Waals surface area contributed by atoms with Crippen molar-refractivity contribution < 1.29 is 0 Å². The largest absolute Gasteiger partial charge is 0.378 e. The molecular formula is C23H26N2. The number of hydrogen-bond acceptors (Lipinski definition) is 2. The Balaban J connectivity index is 2.14. The van der Waals surface area contributed by atoms with Crippen LogP contribution < -0.4 is 9.80 Å². The number of nitrogens with zero attached hydrogens (tertiary/aromatic N) is 2. The van der Waals surface area contributed by atoms with E-state index in [1.165, 1.54) is 28.1 Å². The highest BCUT2D eigenvalue weighted by molar-refractivity contribution is 5.55. The zero-order valence-corrected chi connectivity index (χ0v) is 15.5. The van der Waals surface area contributed by atoms with Crippen molar-refractivity contribution in [1.82, 2.24) is 0 Å². The molecule has 0 amide bonds. The third-order valence-electron chi connectivity index (χ3n) is 4.57. The molecule has 0 radical (unpaired) electrons. The molecule has 0 N–H and O–H groups in total. The summed E-state index contributed by atoms with van der Waals surface area (Å²) in [5.41, 5.74) is 6.39. The molecule has 3 aromatic carbocycles. The van der Waals surface area contributed by atoms with Gasteiger partial charge in [-0.1, -0.05) is 54.6 Å². The Morgan fingerprint density at radius 2 is 0.960 bits per heavy atom. The number of anilines is 2. The summed E-state index contributed by atoms with van der Waals surface area (Å²) >= 11 is 0. The molecule has 128 valence electrons. The summed E-state index contributed by atoms with van der Waals surface area (Å²) in [6.07, 6.45) is 0. The highest BCUT2D eigenvalue weighted by Gasteiger charge is 2.18. The van der Waals surface area contributed by atoms with Crippen LogP contribution in [0.25, 0.3) is 0 Å². The lowest BCUT2D eigenvalue weighted by molar-refractivity contribution is 0.969. The third-order valence-corrected chi connectivity index (χ3v) is 4.57. The smallest absolute Gasteiger partial charge is 0.0364 e. The maximum Gasteiger partial charge on any atom is 0.0364 e. The maximum atomic E-state index is 2.29. The lowest BCUT2D eigenvalue weighted by Crippen LogP contribution is -2.11. The lowest BCUT2D eigenvalue weighted by atomic mass is 9.85. The minimum Gasteiger partial charge on any atom is -0.378 e. The zero-order chi connectivity index (χ0) is 17.8. The van der Waals surface area contributed by atoms with E-state index in [9.17, 15) is 0 Å². The van der Waals surface area contributed by atoms with E-state index in [2.05, 4.69) is 117 Å². The van der Waals surface area contributed by atoms with E-state index in [-0.39, 0.29) is 5.92 Å². The first kappa shape index (κ1) is 17.1. The highest BCUT2D eigenvalue weighted by atomic mass is 15.1. The summed E-state index contributed by atoms with van der Waals surface area (Å²) in [6, 6.07) is 28.4. The van der Waals surface area contributed by atoms with Gasteiger partial charge in [0.25, 0.3) is 0 Å². The quantitative estimate of drug-likeness (QED) is 0.608. The van der Waals surface area contributed by atoms with Gasteiger partial charge >= 0.3 is 0 Å². The predicted molar refractivity (Wildman–Crippen MR) is 109 cm³/mol. The Labute approximate surface area is 151 Å². The minimum atomic E-state index is 0.223. The molecule has 0 bridgehead atoms. The van der Waals surface area contributed by atoms with Crippen LogP contribution in [0.3, 0.4) is 0 Å². The van der Waals surface area contributed by atoms with Crippen LogP contribution in [0.4, 0.5) is 11.4 Å². The summed E-state index contributed by atoms with van der Waals surface area (Å²) in [5.74, 6) is 0.223. The fraction of sp³-hybridized carbons (Fsp3) is 0.217. The summed E-state index contributed by atoms with van der Waals surface area (Å²) in [6.45, 7) is 0. The van der Waals surface area contributed by atoms with Crippen molar-refractivity contribution in [3.63, 3.8) is 0 Å². The topological polar surface area (TPSA) is 6.48 Å². The van der Waals surface area contributed by atoms with Gasteiger partial charge in [-0.25, -0.2) is 0 Å². The van der Waals surface area contributed by atoms with E-state index in [0.717, 1.165) is 0 Å². The van der Waals surface area contributed by atoms with Gasteiger partial charge in [0, 0.05) is 45.5 Å². The third kappa shape index (κ3) is 3.85.